The van der Waals surface area contributed by atoms with E-state index in [0.29, 0.717) is 31.8 Å². The van der Waals surface area contributed by atoms with E-state index in [9.17, 15) is 14.4 Å². The quantitative estimate of drug-likeness (QED) is 0.765. The molecule has 0 saturated carbocycles. The summed E-state index contributed by atoms with van der Waals surface area (Å²) in [4.78, 5) is 36.0. The standard InChI is InChI=1S/C15H26N2O4/c1-10(15(2,3)4)7-8-16-12(18)13(19)17-9-5-6-11(17)14(20)21/h10-11H,5-9H2,1-4H3,(H,16,18)(H,20,21)/t10-,11-/m0/s1. The van der Waals surface area contributed by atoms with Crippen molar-refractivity contribution in [2.75, 3.05) is 13.1 Å². The number of amides is 2. The van der Waals surface area contributed by atoms with Gasteiger partial charge in [0.25, 0.3) is 0 Å². The number of hydrogen-bond acceptors (Lipinski definition) is 3. The van der Waals surface area contributed by atoms with Gasteiger partial charge in [0.15, 0.2) is 0 Å². The van der Waals surface area contributed by atoms with Gasteiger partial charge in [-0.25, -0.2) is 4.79 Å². The molecule has 2 atom stereocenters. The third kappa shape index (κ3) is 4.72. The van der Waals surface area contributed by atoms with Gasteiger partial charge in [0, 0.05) is 13.1 Å². The molecule has 1 saturated heterocycles. The highest BCUT2D eigenvalue weighted by Crippen LogP contribution is 2.27. The monoisotopic (exact) mass is 298 g/mol. The Bertz CT molecular complexity index is 414. The van der Waals surface area contributed by atoms with E-state index in [4.69, 9.17) is 5.11 Å². The molecular formula is C15H26N2O4. The van der Waals surface area contributed by atoms with Gasteiger partial charge in [-0.15, -0.1) is 0 Å². The van der Waals surface area contributed by atoms with E-state index in [-0.39, 0.29) is 5.41 Å². The summed E-state index contributed by atoms with van der Waals surface area (Å²) < 4.78 is 0. The van der Waals surface area contributed by atoms with E-state index in [1.54, 1.807) is 0 Å². The van der Waals surface area contributed by atoms with Crippen molar-refractivity contribution in [2.45, 2.75) is 53.0 Å². The number of carbonyl (C=O) groups is 3. The van der Waals surface area contributed by atoms with Gasteiger partial charge in [-0.05, 0) is 30.6 Å². The molecule has 0 aromatic heterocycles. The van der Waals surface area contributed by atoms with E-state index < -0.39 is 23.8 Å². The first kappa shape index (κ1) is 17.5. The van der Waals surface area contributed by atoms with Gasteiger partial charge < -0.3 is 15.3 Å². The van der Waals surface area contributed by atoms with Crippen LogP contribution in [0.4, 0.5) is 0 Å². The molecule has 21 heavy (non-hydrogen) atoms. The van der Waals surface area contributed by atoms with Crippen LogP contribution in [0.3, 0.4) is 0 Å². The predicted octanol–water partition coefficient (Wildman–Crippen LogP) is 1.25. The average molecular weight is 298 g/mol. The molecular weight excluding hydrogens is 272 g/mol. The molecule has 6 nitrogen and oxygen atoms in total. The molecule has 0 aromatic rings. The van der Waals surface area contributed by atoms with E-state index >= 15 is 0 Å². The fourth-order valence-electron chi connectivity index (χ4n) is 2.31. The summed E-state index contributed by atoms with van der Waals surface area (Å²) in [6.07, 6.45) is 1.82. The summed E-state index contributed by atoms with van der Waals surface area (Å²) in [5, 5.41) is 11.6. The third-order valence-corrected chi connectivity index (χ3v) is 4.33. The number of rotatable bonds is 4. The van der Waals surface area contributed by atoms with Crippen LogP contribution >= 0.6 is 0 Å². The van der Waals surface area contributed by atoms with E-state index in [1.165, 1.54) is 0 Å². The fraction of sp³-hybridized carbons (Fsp3) is 0.800. The van der Waals surface area contributed by atoms with Gasteiger partial charge in [-0.2, -0.15) is 0 Å². The number of nitrogens with zero attached hydrogens (tertiary/aromatic N) is 1. The van der Waals surface area contributed by atoms with Crippen molar-refractivity contribution < 1.29 is 19.5 Å². The second kappa shape index (κ2) is 6.91. The number of hydrogen-bond donors (Lipinski definition) is 2. The first-order chi connectivity index (χ1) is 9.64. The first-order valence-electron chi connectivity index (χ1n) is 7.46. The molecule has 2 amide bonds. The minimum atomic E-state index is -1.05. The number of carbonyl (C=O) groups excluding carboxylic acids is 2. The van der Waals surface area contributed by atoms with E-state index in [1.807, 2.05) is 0 Å². The Morgan fingerprint density at radius 3 is 2.48 bits per heavy atom. The molecule has 0 radical (unpaired) electrons. The zero-order chi connectivity index (χ0) is 16.2. The molecule has 1 fully saturated rings. The maximum Gasteiger partial charge on any atom is 0.326 e. The van der Waals surface area contributed by atoms with Crippen LogP contribution in [0.25, 0.3) is 0 Å². The number of carboxylic acid groups (broad SMARTS) is 1. The van der Waals surface area contributed by atoms with Crippen molar-refractivity contribution >= 4 is 17.8 Å². The van der Waals surface area contributed by atoms with Crippen molar-refractivity contribution in [2.24, 2.45) is 11.3 Å². The lowest BCUT2D eigenvalue weighted by Crippen LogP contribution is -2.48. The Labute approximate surface area is 125 Å². The van der Waals surface area contributed by atoms with Gasteiger partial charge in [-0.3, -0.25) is 9.59 Å². The Hall–Kier alpha value is -1.59. The maximum atomic E-state index is 12.0. The number of likely N-dealkylation sites (tertiary alicyclic amines) is 1. The first-order valence-corrected chi connectivity index (χ1v) is 7.46. The van der Waals surface area contributed by atoms with Gasteiger partial charge in [0.05, 0.1) is 0 Å². The molecule has 2 N–H and O–H groups in total. The fourth-order valence-corrected chi connectivity index (χ4v) is 2.31. The lowest BCUT2D eigenvalue weighted by Gasteiger charge is -2.27. The van der Waals surface area contributed by atoms with Crippen LogP contribution in [-0.2, 0) is 14.4 Å². The molecule has 0 bridgehead atoms. The average Bonchev–Trinajstić information content (AvgIpc) is 2.85. The minimum Gasteiger partial charge on any atom is -0.480 e. The van der Waals surface area contributed by atoms with Crippen LogP contribution in [-0.4, -0.2) is 46.9 Å². The van der Waals surface area contributed by atoms with Gasteiger partial charge in [0.1, 0.15) is 6.04 Å². The van der Waals surface area contributed by atoms with Crippen LogP contribution in [0.2, 0.25) is 0 Å². The van der Waals surface area contributed by atoms with Crippen LogP contribution in [0.5, 0.6) is 0 Å². The molecule has 120 valence electrons. The molecule has 1 rings (SSSR count). The van der Waals surface area contributed by atoms with Crippen molar-refractivity contribution in [3.8, 4) is 0 Å². The topological polar surface area (TPSA) is 86.7 Å². The van der Waals surface area contributed by atoms with Crippen LogP contribution in [0.15, 0.2) is 0 Å². The largest absolute Gasteiger partial charge is 0.480 e. The zero-order valence-electron chi connectivity index (χ0n) is 13.3. The molecule has 0 aromatic carbocycles. The summed E-state index contributed by atoms with van der Waals surface area (Å²) in [6, 6.07) is -0.864. The smallest absolute Gasteiger partial charge is 0.326 e. The lowest BCUT2D eigenvalue weighted by molar-refractivity contribution is -0.152. The zero-order valence-corrected chi connectivity index (χ0v) is 13.3. The molecule has 0 aliphatic carbocycles. The van der Waals surface area contributed by atoms with Crippen LogP contribution in [0.1, 0.15) is 47.0 Å². The van der Waals surface area contributed by atoms with Crippen molar-refractivity contribution in [3.63, 3.8) is 0 Å². The molecule has 1 aliphatic heterocycles. The molecule has 0 spiro atoms. The second-order valence-corrected chi connectivity index (χ2v) is 6.81. The van der Waals surface area contributed by atoms with Gasteiger partial charge in [-0.1, -0.05) is 27.7 Å². The predicted molar refractivity (Wildman–Crippen MR) is 78.6 cm³/mol. The highest BCUT2D eigenvalue weighted by Gasteiger charge is 2.36. The highest BCUT2D eigenvalue weighted by atomic mass is 16.4. The normalized spacial score (nSPS) is 20.2. The number of carboxylic acids is 1. The summed E-state index contributed by atoms with van der Waals surface area (Å²) in [5.74, 6) is -2.07. The third-order valence-electron chi connectivity index (χ3n) is 4.33. The SMILES string of the molecule is C[C@@H](CCNC(=O)C(=O)N1CCC[C@H]1C(=O)O)C(C)(C)C. The van der Waals surface area contributed by atoms with E-state index in [0.717, 1.165) is 11.3 Å². The van der Waals surface area contributed by atoms with Crippen LogP contribution < -0.4 is 5.32 Å². The molecule has 1 aliphatic rings. The lowest BCUT2D eigenvalue weighted by atomic mass is 9.80. The van der Waals surface area contributed by atoms with Gasteiger partial charge in [0.2, 0.25) is 0 Å². The molecule has 1 heterocycles. The number of nitrogens with one attached hydrogen (secondary N) is 1. The Balaban J connectivity index is 2.45. The molecule has 6 heteroatoms. The van der Waals surface area contributed by atoms with E-state index in [2.05, 4.69) is 33.0 Å². The Morgan fingerprint density at radius 2 is 1.95 bits per heavy atom. The molecule has 0 unspecified atom stereocenters. The second-order valence-electron chi connectivity index (χ2n) is 6.81. The highest BCUT2D eigenvalue weighted by molar-refractivity contribution is 6.35. The van der Waals surface area contributed by atoms with Crippen LogP contribution in [0, 0.1) is 11.3 Å². The summed E-state index contributed by atoms with van der Waals surface area (Å²) in [5.41, 5.74) is 0.151. The summed E-state index contributed by atoms with van der Waals surface area (Å²) in [6.45, 7) is 9.26. The van der Waals surface area contributed by atoms with Gasteiger partial charge >= 0.3 is 17.8 Å². The maximum absolute atomic E-state index is 12.0. The van der Waals surface area contributed by atoms with Crippen molar-refractivity contribution in [1.82, 2.24) is 10.2 Å². The van der Waals surface area contributed by atoms with Crippen molar-refractivity contribution in [1.29, 1.82) is 0 Å². The Morgan fingerprint density at radius 1 is 1.33 bits per heavy atom. The van der Waals surface area contributed by atoms with Crippen molar-refractivity contribution in [3.05, 3.63) is 0 Å². The summed E-state index contributed by atoms with van der Waals surface area (Å²) >= 11 is 0. The minimum absolute atomic E-state index is 0.151. The summed E-state index contributed by atoms with van der Waals surface area (Å²) in [7, 11) is 0. The number of aliphatic carboxylic acids is 1. The Kier molecular flexibility index (Phi) is 5.75.